The third-order valence-electron chi connectivity index (χ3n) is 3.50. The number of rotatable bonds is 2. The van der Waals surface area contributed by atoms with Crippen LogP contribution in [0, 0.1) is 11.8 Å². The van der Waals surface area contributed by atoms with Crippen LogP contribution in [0.5, 0.6) is 0 Å². The van der Waals surface area contributed by atoms with E-state index in [1.54, 1.807) is 0 Å². The Morgan fingerprint density at radius 3 is 2.35 bits per heavy atom. The molecule has 1 aliphatic rings. The highest BCUT2D eigenvalue weighted by Gasteiger charge is 2.21. The van der Waals surface area contributed by atoms with Crippen LogP contribution in [-0.4, -0.2) is 18.0 Å². The normalized spacial score (nSPS) is 26.0. The van der Waals surface area contributed by atoms with E-state index in [2.05, 4.69) is 24.8 Å². The van der Waals surface area contributed by atoms with E-state index < -0.39 is 0 Å². The lowest BCUT2D eigenvalue weighted by atomic mass is 9.91. The van der Waals surface area contributed by atoms with Crippen LogP contribution in [0.1, 0.15) is 25.8 Å². The molecule has 0 amide bonds. The van der Waals surface area contributed by atoms with Gasteiger partial charge in [-0.2, -0.15) is 0 Å². The van der Waals surface area contributed by atoms with Crippen molar-refractivity contribution < 1.29 is 0 Å². The zero-order valence-corrected chi connectivity index (χ0v) is 10.8. The van der Waals surface area contributed by atoms with Crippen LogP contribution in [0.2, 0.25) is 0 Å². The third-order valence-corrected chi connectivity index (χ3v) is 3.50. The van der Waals surface area contributed by atoms with Crippen LogP contribution in [0.3, 0.4) is 0 Å². The van der Waals surface area contributed by atoms with Crippen molar-refractivity contribution in [2.24, 2.45) is 11.8 Å². The lowest BCUT2D eigenvalue weighted by Crippen LogP contribution is -2.38. The van der Waals surface area contributed by atoms with E-state index in [9.17, 15) is 0 Å². The molecule has 0 spiro atoms. The van der Waals surface area contributed by atoms with Gasteiger partial charge in [0.05, 0.1) is 11.4 Å². The SMILES string of the molecule is CC1CC(C)CN(Cc2ccc(N)c(N)c2)C1. The highest BCUT2D eigenvalue weighted by atomic mass is 15.1. The highest BCUT2D eigenvalue weighted by molar-refractivity contribution is 5.63. The van der Waals surface area contributed by atoms with Gasteiger partial charge in [-0.15, -0.1) is 0 Å². The Morgan fingerprint density at radius 1 is 1.12 bits per heavy atom. The lowest BCUT2D eigenvalue weighted by Gasteiger charge is -2.35. The van der Waals surface area contributed by atoms with Crippen molar-refractivity contribution in [3.63, 3.8) is 0 Å². The first-order chi connectivity index (χ1) is 8.04. The second-order valence-electron chi connectivity index (χ2n) is 5.60. The van der Waals surface area contributed by atoms with E-state index in [-0.39, 0.29) is 0 Å². The Morgan fingerprint density at radius 2 is 1.76 bits per heavy atom. The van der Waals surface area contributed by atoms with Gasteiger partial charge in [0.1, 0.15) is 0 Å². The molecule has 1 saturated heterocycles. The van der Waals surface area contributed by atoms with Gasteiger partial charge in [-0.05, 0) is 36.0 Å². The van der Waals surface area contributed by atoms with Crippen molar-refractivity contribution in [2.75, 3.05) is 24.6 Å². The largest absolute Gasteiger partial charge is 0.397 e. The van der Waals surface area contributed by atoms with Crippen LogP contribution in [0.4, 0.5) is 11.4 Å². The number of nitrogen functional groups attached to an aromatic ring is 2. The molecule has 17 heavy (non-hydrogen) atoms. The molecule has 1 fully saturated rings. The van der Waals surface area contributed by atoms with Crippen molar-refractivity contribution in [2.45, 2.75) is 26.8 Å². The summed E-state index contributed by atoms with van der Waals surface area (Å²) in [5.74, 6) is 1.59. The van der Waals surface area contributed by atoms with Crippen LogP contribution < -0.4 is 11.5 Å². The Labute approximate surface area is 104 Å². The summed E-state index contributed by atoms with van der Waals surface area (Å²) in [5.41, 5.74) is 14.2. The monoisotopic (exact) mass is 233 g/mol. The maximum Gasteiger partial charge on any atom is 0.0551 e. The van der Waals surface area contributed by atoms with E-state index in [0.717, 1.165) is 18.4 Å². The number of nitrogens with zero attached hydrogens (tertiary/aromatic N) is 1. The molecule has 1 aromatic rings. The molecule has 3 nitrogen and oxygen atoms in total. The predicted octanol–water partition coefficient (Wildman–Crippen LogP) is 2.33. The van der Waals surface area contributed by atoms with Gasteiger partial charge >= 0.3 is 0 Å². The fourth-order valence-electron chi connectivity index (χ4n) is 2.90. The third kappa shape index (κ3) is 3.13. The fourth-order valence-corrected chi connectivity index (χ4v) is 2.90. The Kier molecular flexibility index (Phi) is 3.57. The minimum atomic E-state index is 0.675. The van der Waals surface area contributed by atoms with Gasteiger partial charge in [0.25, 0.3) is 0 Å². The molecule has 2 atom stereocenters. The maximum atomic E-state index is 5.84. The molecule has 0 aliphatic carbocycles. The van der Waals surface area contributed by atoms with Crippen LogP contribution in [0.15, 0.2) is 18.2 Å². The fraction of sp³-hybridized carbons (Fsp3) is 0.571. The van der Waals surface area contributed by atoms with Gasteiger partial charge in [0.2, 0.25) is 0 Å². The lowest BCUT2D eigenvalue weighted by molar-refractivity contribution is 0.134. The number of likely N-dealkylation sites (tertiary alicyclic amines) is 1. The average Bonchev–Trinajstić information content (AvgIpc) is 2.22. The van der Waals surface area contributed by atoms with Crippen molar-refractivity contribution in [3.8, 4) is 0 Å². The molecule has 2 rings (SSSR count). The quantitative estimate of drug-likeness (QED) is 0.771. The van der Waals surface area contributed by atoms with Crippen molar-refractivity contribution in [3.05, 3.63) is 23.8 Å². The number of nitrogens with two attached hydrogens (primary N) is 2. The average molecular weight is 233 g/mol. The summed E-state index contributed by atoms with van der Waals surface area (Å²) >= 11 is 0. The molecule has 0 aromatic heterocycles. The number of piperidine rings is 1. The molecule has 0 bridgehead atoms. The standard InChI is InChI=1S/C14H23N3/c1-10-5-11(2)8-17(7-10)9-12-3-4-13(15)14(16)6-12/h3-4,6,10-11H,5,7-9,15-16H2,1-2H3. The molecule has 0 radical (unpaired) electrons. The molecular formula is C14H23N3. The summed E-state index contributed by atoms with van der Waals surface area (Å²) in [6.45, 7) is 8.03. The van der Waals surface area contributed by atoms with Crippen LogP contribution in [0.25, 0.3) is 0 Å². The number of hydrogen-bond donors (Lipinski definition) is 2. The molecule has 2 unspecified atom stereocenters. The first-order valence-electron chi connectivity index (χ1n) is 6.41. The van der Waals surface area contributed by atoms with Crippen LogP contribution in [-0.2, 0) is 6.54 Å². The first-order valence-corrected chi connectivity index (χ1v) is 6.41. The van der Waals surface area contributed by atoms with Gasteiger partial charge in [-0.3, -0.25) is 4.90 Å². The molecule has 1 heterocycles. The van der Waals surface area contributed by atoms with Gasteiger partial charge in [-0.25, -0.2) is 0 Å². The van der Waals surface area contributed by atoms with E-state index >= 15 is 0 Å². The van der Waals surface area contributed by atoms with Gasteiger partial charge in [0.15, 0.2) is 0 Å². The van der Waals surface area contributed by atoms with Crippen molar-refractivity contribution >= 4 is 11.4 Å². The summed E-state index contributed by atoms with van der Waals surface area (Å²) in [4.78, 5) is 2.52. The Hall–Kier alpha value is -1.22. The second-order valence-corrected chi connectivity index (χ2v) is 5.60. The van der Waals surface area contributed by atoms with E-state index in [4.69, 9.17) is 11.5 Å². The van der Waals surface area contributed by atoms with E-state index in [1.165, 1.54) is 25.1 Å². The van der Waals surface area contributed by atoms with Gasteiger partial charge in [-0.1, -0.05) is 19.9 Å². The molecule has 0 saturated carbocycles. The summed E-state index contributed by atoms with van der Waals surface area (Å²) in [7, 11) is 0. The Balaban J connectivity index is 2.02. The second kappa shape index (κ2) is 4.96. The Bertz CT molecular complexity index is 379. The number of benzene rings is 1. The summed E-state index contributed by atoms with van der Waals surface area (Å²) in [6, 6.07) is 5.98. The highest BCUT2D eigenvalue weighted by Crippen LogP contribution is 2.23. The molecule has 4 N–H and O–H groups in total. The summed E-state index contributed by atoms with van der Waals surface area (Å²) in [6.07, 6.45) is 1.35. The molecule has 94 valence electrons. The van der Waals surface area contributed by atoms with Crippen LogP contribution >= 0.6 is 0 Å². The van der Waals surface area contributed by atoms with E-state index in [0.29, 0.717) is 11.4 Å². The summed E-state index contributed by atoms with van der Waals surface area (Å²) in [5, 5.41) is 0. The van der Waals surface area contributed by atoms with Crippen molar-refractivity contribution in [1.82, 2.24) is 4.90 Å². The predicted molar refractivity (Wildman–Crippen MR) is 73.5 cm³/mol. The van der Waals surface area contributed by atoms with Crippen molar-refractivity contribution in [1.29, 1.82) is 0 Å². The topological polar surface area (TPSA) is 55.3 Å². The van der Waals surface area contributed by atoms with Gasteiger partial charge < -0.3 is 11.5 Å². The molecular weight excluding hydrogens is 210 g/mol. The minimum absolute atomic E-state index is 0.675. The van der Waals surface area contributed by atoms with E-state index in [1.807, 2.05) is 12.1 Å². The summed E-state index contributed by atoms with van der Waals surface area (Å²) < 4.78 is 0. The minimum Gasteiger partial charge on any atom is -0.397 e. The smallest absolute Gasteiger partial charge is 0.0551 e. The maximum absolute atomic E-state index is 5.84. The van der Waals surface area contributed by atoms with Gasteiger partial charge in [0, 0.05) is 19.6 Å². The zero-order chi connectivity index (χ0) is 12.4. The zero-order valence-electron chi connectivity index (χ0n) is 10.8. The number of hydrogen-bond acceptors (Lipinski definition) is 3. The molecule has 1 aromatic carbocycles. The number of anilines is 2. The first kappa shape index (κ1) is 12.2. The molecule has 3 heteroatoms. The molecule has 1 aliphatic heterocycles.